The van der Waals surface area contributed by atoms with Gasteiger partial charge in [0.15, 0.2) is 41.2 Å². The van der Waals surface area contributed by atoms with E-state index in [2.05, 4.69) is 65.6 Å². The molecule has 59 heavy (non-hydrogen) atoms. The van der Waals surface area contributed by atoms with E-state index in [1.165, 1.54) is 22.3 Å². The van der Waals surface area contributed by atoms with E-state index in [-0.39, 0.29) is 61.2 Å². The number of esters is 1. The number of nitrogens with zero attached hydrogens (tertiary/aromatic N) is 3. The van der Waals surface area contributed by atoms with Crippen LogP contribution < -0.4 is 9.47 Å². The number of carbonyl (C=O) groups is 2. The quantitative estimate of drug-likeness (QED) is 0.144. The number of methoxy groups -OCH3 is 2. The van der Waals surface area contributed by atoms with Crippen LogP contribution in [-0.4, -0.2) is 104 Å². The minimum Gasteiger partial charge on any atom is -0.493 e. The van der Waals surface area contributed by atoms with E-state index < -0.39 is 41.5 Å². The number of nitriles is 1. The summed E-state index contributed by atoms with van der Waals surface area (Å²) >= 11 is 1.55. The van der Waals surface area contributed by atoms with Crippen LogP contribution in [0.25, 0.3) is 11.1 Å². The number of carbonyl (C=O) groups excluding carboxylic acids is 2. The second-order valence-electron chi connectivity index (χ2n) is 16.1. The highest BCUT2D eigenvalue weighted by molar-refractivity contribution is 8.02. The van der Waals surface area contributed by atoms with E-state index in [1.54, 1.807) is 39.8 Å². The van der Waals surface area contributed by atoms with Gasteiger partial charge >= 0.3 is 5.97 Å². The van der Waals surface area contributed by atoms with Crippen LogP contribution in [0, 0.1) is 18.3 Å². The molecule has 13 heteroatoms. The summed E-state index contributed by atoms with van der Waals surface area (Å²) in [6.45, 7) is 4.88. The van der Waals surface area contributed by atoms with E-state index in [9.17, 15) is 20.0 Å². The third-order valence-corrected chi connectivity index (χ3v) is 14.1. The molecule has 12 nitrogen and oxygen atoms in total. The van der Waals surface area contributed by atoms with Gasteiger partial charge in [0, 0.05) is 59.6 Å². The Kier molecular flexibility index (Phi) is 10.1. The Hall–Kier alpha value is -5.10. The number of ether oxygens (including phenoxy) is 6. The van der Waals surface area contributed by atoms with Crippen molar-refractivity contribution in [3.63, 3.8) is 0 Å². The van der Waals surface area contributed by atoms with Gasteiger partial charge in [-0.15, -0.1) is 11.8 Å². The van der Waals surface area contributed by atoms with Crippen LogP contribution in [-0.2, 0) is 35.0 Å². The molecule has 306 valence electrons. The van der Waals surface area contributed by atoms with Crippen molar-refractivity contribution >= 4 is 23.5 Å². The second kappa shape index (κ2) is 15.2. The van der Waals surface area contributed by atoms with Gasteiger partial charge in [0.05, 0.1) is 25.3 Å². The van der Waals surface area contributed by atoms with Crippen LogP contribution in [0.5, 0.6) is 11.5 Å². The molecular weight excluding hydrogens is 771 g/mol. The first-order chi connectivity index (χ1) is 28.5. The van der Waals surface area contributed by atoms with Crippen molar-refractivity contribution in [2.24, 2.45) is 0 Å². The molecule has 9 rings (SSSR count). The van der Waals surface area contributed by atoms with Crippen molar-refractivity contribution < 1.29 is 43.1 Å². The predicted octanol–water partition coefficient (Wildman–Crippen LogP) is 6.07. The first kappa shape index (κ1) is 39.4. The van der Waals surface area contributed by atoms with Gasteiger partial charge in [-0.2, -0.15) is 5.26 Å². The van der Waals surface area contributed by atoms with Crippen molar-refractivity contribution in [1.82, 2.24) is 9.80 Å². The van der Waals surface area contributed by atoms with Gasteiger partial charge in [-0.1, -0.05) is 54.6 Å². The van der Waals surface area contributed by atoms with Gasteiger partial charge in [-0.25, -0.2) is 4.79 Å². The molecule has 4 aliphatic heterocycles. The number of aryl methyl sites for hydroxylation is 1. The van der Waals surface area contributed by atoms with Gasteiger partial charge in [0.25, 0.3) is 0 Å². The molecule has 2 bridgehead atoms. The summed E-state index contributed by atoms with van der Waals surface area (Å²) in [4.78, 5) is 32.5. The minimum atomic E-state index is -2.04. The molecule has 2 unspecified atom stereocenters. The average molecular weight is 818 g/mol. The molecular formula is C46H47N3O9S. The molecule has 0 radical (unpaired) electrons. The largest absolute Gasteiger partial charge is 0.493 e. The van der Waals surface area contributed by atoms with Crippen molar-refractivity contribution in [2.75, 3.05) is 47.2 Å². The highest BCUT2D eigenvalue weighted by Crippen LogP contribution is 2.57. The highest BCUT2D eigenvalue weighted by Gasteiger charge is 2.64. The molecule has 1 N–H and O–H groups in total. The van der Waals surface area contributed by atoms with Gasteiger partial charge in [-0.05, 0) is 73.0 Å². The monoisotopic (exact) mass is 817 g/mol. The molecule has 3 saturated heterocycles. The molecule has 0 amide bonds. The summed E-state index contributed by atoms with van der Waals surface area (Å²) in [7, 11) is 5.10. The Morgan fingerprint density at radius 1 is 1.05 bits per heavy atom. The van der Waals surface area contributed by atoms with Crippen molar-refractivity contribution in [3.8, 4) is 28.7 Å². The Balaban J connectivity index is 1.07. The number of piperidine rings is 1. The number of aliphatic hydroxyl groups is 1. The first-order valence-corrected chi connectivity index (χ1v) is 20.9. The lowest BCUT2D eigenvalue weighted by molar-refractivity contribution is -0.156. The molecule has 4 heterocycles. The maximum Gasteiger partial charge on any atom is 0.334 e. The first-order valence-electron chi connectivity index (χ1n) is 19.9. The SMILES string of the molecule is COCOc1c(OC)c(C)cc2c1[C@@H]1C3CC4(O)C(=O)C(C)=C5OCOC5=C4[C@H](COC(=O)/C(C)=C\SCC4c5ccccc5-c5ccccc54)N3[C@@H](C#N)[C@H](C2)N1C. The molecule has 6 aliphatic rings. The van der Waals surface area contributed by atoms with Gasteiger partial charge in [0.1, 0.15) is 12.6 Å². The number of fused-ring (bicyclic) bond motifs is 11. The Morgan fingerprint density at radius 2 is 1.75 bits per heavy atom. The van der Waals surface area contributed by atoms with Crippen LogP contribution in [0.2, 0.25) is 0 Å². The fraction of sp³-hybridized carbons (Fsp3) is 0.413. The summed E-state index contributed by atoms with van der Waals surface area (Å²) in [5.74, 6) is 1.44. The number of ketones is 1. The van der Waals surface area contributed by atoms with Crippen molar-refractivity contribution in [3.05, 3.63) is 116 Å². The Labute approximate surface area is 347 Å². The lowest BCUT2D eigenvalue weighted by Gasteiger charge is -2.62. The lowest BCUT2D eigenvalue weighted by atomic mass is 9.65. The smallest absolute Gasteiger partial charge is 0.334 e. The molecule has 3 aromatic rings. The van der Waals surface area contributed by atoms with Crippen LogP contribution >= 0.6 is 11.8 Å². The molecule has 0 spiro atoms. The standard InChI is InChI=1S/C46H47N3O9S/c1-24-15-27-16-33-35(18-47)49-34(39(48(33)4)37(27)42(40(24)54-6)56-22-53-5)17-46(52)38(43-41(57-23-58-43)26(3)44(46)50)36(49)19-55-45(51)25(2)20-59-21-32-30-13-9-7-11-28(30)29-12-8-10-14-31(29)32/h7-15,20,32-36,39,52H,16-17,19,21-23H2,1-6H3/b25-20-/t33-,34?,35-,36-,39-,46?/m0/s1. The summed E-state index contributed by atoms with van der Waals surface area (Å²) < 4.78 is 35.5. The summed E-state index contributed by atoms with van der Waals surface area (Å²) in [5, 5.41) is 25.7. The van der Waals surface area contributed by atoms with Crippen molar-refractivity contribution in [2.45, 2.75) is 75.3 Å². The summed E-state index contributed by atoms with van der Waals surface area (Å²) in [6.07, 6.45) is 0.448. The summed E-state index contributed by atoms with van der Waals surface area (Å²) in [6, 6.07) is 18.5. The van der Waals surface area contributed by atoms with Gasteiger partial charge < -0.3 is 33.5 Å². The maximum atomic E-state index is 14.4. The lowest BCUT2D eigenvalue weighted by Crippen LogP contribution is -2.74. The zero-order valence-corrected chi connectivity index (χ0v) is 34.8. The maximum absolute atomic E-state index is 14.4. The van der Waals surface area contributed by atoms with Crippen molar-refractivity contribution in [1.29, 1.82) is 5.26 Å². The minimum absolute atomic E-state index is 0.0327. The topological polar surface area (TPSA) is 140 Å². The number of hydrogen-bond acceptors (Lipinski definition) is 13. The van der Waals surface area contributed by atoms with Crippen LogP contribution in [0.4, 0.5) is 0 Å². The number of piperazine rings is 1. The zero-order chi connectivity index (χ0) is 41.3. The van der Waals surface area contributed by atoms with E-state index in [0.29, 0.717) is 23.5 Å². The van der Waals surface area contributed by atoms with E-state index >= 15 is 0 Å². The molecule has 0 saturated carbocycles. The Morgan fingerprint density at radius 3 is 2.42 bits per heavy atom. The number of benzene rings is 3. The van der Waals surface area contributed by atoms with E-state index in [0.717, 1.165) is 22.4 Å². The van der Waals surface area contributed by atoms with Crippen LogP contribution in [0.3, 0.4) is 0 Å². The number of thioether (sulfide) groups is 1. The zero-order valence-electron chi connectivity index (χ0n) is 33.9. The average Bonchev–Trinajstić information content (AvgIpc) is 3.85. The summed E-state index contributed by atoms with van der Waals surface area (Å²) in [5.41, 5.74) is 6.58. The van der Waals surface area contributed by atoms with Crippen LogP contribution in [0.1, 0.15) is 60.0 Å². The molecule has 3 fully saturated rings. The van der Waals surface area contributed by atoms with Gasteiger partial charge in [0.2, 0.25) is 6.79 Å². The van der Waals surface area contributed by atoms with E-state index in [1.807, 2.05) is 24.3 Å². The normalized spacial score (nSPS) is 27.1. The number of Topliss-reactive ketones (excluding diaryl/α,β-unsaturated/α-hetero) is 1. The van der Waals surface area contributed by atoms with E-state index in [4.69, 9.17) is 28.4 Å². The third kappa shape index (κ3) is 6.02. The highest BCUT2D eigenvalue weighted by atomic mass is 32.2. The fourth-order valence-corrected chi connectivity index (χ4v) is 11.6. The number of hydrogen-bond donors (Lipinski definition) is 1. The second-order valence-corrected chi connectivity index (χ2v) is 17.0. The fourth-order valence-electron chi connectivity index (χ4n) is 10.6. The molecule has 3 aromatic carbocycles. The van der Waals surface area contributed by atoms with Crippen LogP contribution in [0.15, 0.2) is 88.2 Å². The predicted molar refractivity (Wildman–Crippen MR) is 219 cm³/mol. The number of rotatable bonds is 10. The Bertz CT molecular complexity index is 2360. The van der Waals surface area contributed by atoms with Gasteiger partial charge in [-0.3, -0.25) is 14.6 Å². The third-order valence-electron chi connectivity index (χ3n) is 13.1. The molecule has 0 aromatic heterocycles. The molecule has 6 atom stereocenters. The molecule has 2 aliphatic carbocycles. The number of likely N-dealkylation sites (N-methyl/N-ethyl adjacent to an activating group) is 1.